The Balaban J connectivity index is 2.64. The molecule has 0 radical (unpaired) electrons. The van der Waals surface area contributed by atoms with Crippen molar-refractivity contribution in [2.75, 3.05) is 33.1 Å². The number of nitrogens with zero attached hydrogens (tertiary/aromatic N) is 4. The van der Waals surface area contributed by atoms with E-state index in [0.717, 1.165) is 43.7 Å². The Morgan fingerprint density at radius 3 is 2.65 bits per heavy atom. The van der Waals surface area contributed by atoms with Crippen LogP contribution < -0.4 is 10.6 Å². The molecule has 0 spiro atoms. The van der Waals surface area contributed by atoms with E-state index >= 15 is 0 Å². The summed E-state index contributed by atoms with van der Waals surface area (Å²) in [6.07, 6.45) is 3.05. The van der Waals surface area contributed by atoms with Crippen LogP contribution in [0.1, 0.15) is 31.9 Å². The van der Waals surface area contributed by atoms with Crippen molar-refractivity contribution in [3.05, 3.63) is 11.6 Å². The average molecular weight is 343 g/mol. The highest BCUT2D eigenvalue weighted by molar-refractivity contribution is 7.99. The van der Waals surface area contributed by atoms with Gasteiger partial charge in [0.15, 0.2) is 11.8 Å². The van der Waals surface area contributed by atoms with Gasteiger partial charge in [-0.2, -0.15) is 11.8 Å². The Kier molecular flexibility index (Phi) is 8.40. The molecule has 1 rings (SSSR count). The van der Waals surface area contributed by atoms with Gasteiger partial charge in [-0.1, -0.05) is 0 Å². The molecule has 8 heteroatoms. The van der Waals surface area contributed by atoms with E-state index in [9.17, 15) is 0 Å². The van der Waals surface area contributed by atoms with E-state index in [1.807, 2.05) is 30.3 Å². The predicted molar refractivity (Wildman–Crippen MR) is 97.0 cm³/mol. The highest BCUT2D eigenvalue weighted by atomic mass is 32.2. The number of nitrogens with one attached hydrogen (secondary N) is 2. The number of hydrogen-bond acceptors (Lipinski definition) is 5. The SMILES string of the molecule is COCCCNC(=NCc1nnc(C)n1C)NCC(C)(C)SC. The van der Waals surface area contributed by atoms with Gasteiger partial charge < -0.3 is 19.9 Å². The van der Waals surface area contributed by atoms with Crippen molar-refractivity contribution in [1.29, 1.82) is 0 Å². The minimum absolute atomic E-state index is 0.149. The minimum atomic E-state index is 0.149. The molecule has 0 bridgehead atoms. The van der Waals surface area contributed by atoms with Crippen LogP contribution >= 0.6 is 11.8 Å². The Morgan fingerprint density at radius 1 is 1.35 bits per heavy atom. The summed E-state index contributed by atoms with van der Waals surface area (Å²) in [7, 11) is 3.67. The topological polar surface area (TPSA) is 76.4 Å². The van der Waals surface area contributed by atoms with Gasteiger partial charge in [-0.15, -0.1) is 10.2 Å². The molecule has 0 atom stereocenters. The van der Waals surface area contributed by atoms with Crippen LogP contribution in [0.3, 0.4) is 0 Å². The molecule has 0 aromatic carbocycles. The molecule has 7 nitrogen and oxygen atoms in total. The van der Waals surface area contributed by atoms with Gasteiger partial charge in [-0.25, -0.2) is 4.99 Å². The third-order valence-corrected chi connectivity index (χ3v) is 4.86. The highest BCUT2D eigenvalue weighted by Crippen LogP contribution is 2.19. The largest absolute Gasteiger partial charge is 0.385 e. The summed E-state index contributed by atoms with van der Waals surface area (Å²) in [4.78, 5) is 4.62. The summed E-state index contributed by atoms with van der Waals surface area (Å²) < 4.78 is 7.18. The average Bonchev–Trinajstić information content (AvgIpc) is 2.85. The summed E-state index contributed by atoms with van der Waals surface area (Å²) in [5.74, 6) is 2.54. The quantitative estimate of drug-likeness (QED) is 0.401. The second-order valence-electron chi connectivity index (χ2n) is 5.98. The maximum absolute atomic E-state index is 5.08. The number of aryl methyl sites for hydroxylation is 1. The van der Waals surface area contributed by atoms with E-state index < -0.39 is 0 Å². The number of aliphatic imine (C=N–C) groups is 1. The zero-order valence-electron chi connectivity index (χ0n) is 15.1. The molecule has 1 heterocycles. The first-order valence-electron chi connectivity index (χ1n) is 7.80. The Bertz CT molecular complexity index is 500. The van der Waals surface area contributed by atoms with Crippen LogP contribution in [0.15, 0.2) is 4.99 Å². The molecular formula is C15H30N6OS. The number of aromatic nitrogens is 3. The highest BCUT2D eigenvalue weighted by Gasteiger charge is 2.16. The normalized spacial score (nSPS) is 12.5. The predicted octanol–water partition coefficient (Wildman–Crippen LogP) is 1.34. The second-order valence-corrected chi connectivity index (χ2v) is 7.49. The molecule has 0 unspecified atom stereocenters. The van der Waals surface area contributed by atoms with Crippen molar-refractivity contribution in [3.63, 3.8) is 0 Å². The van der Waals surface area contributed by atoms with Crippen LogP contribution in [0, 0.1) is 6.92 Å². The molecule has 1 aromatic rings. The van der Waals surface area contributed by atoms with Crippen LogP contribution in [0.2, 0.25) is 0 Å². The number of methoxy groups -OCH3 is 1. The monoisotopic (exact) mass is 342 g/mol. The van der Waals surface area contributed by atoms with E-state index in [2.05, 4.69) is 45.9 Å². The first kappa shape index (κ1) is 19.8. The van der Waals surface area contributed by atoms with Crippen LogP contribution in [0.4, 0.5) is 0 Å². The molecule has 0 aliphatic heterocycles. The fraction of sp³-hybridized carbons (Fsp3) is 0.800. The smallest absolute Gasteiger partial charge is 0.191 e. The van der Waals surface area contributed by atoms with E-state index in [-0.39, 0.29) is 4.75 Å². The van der Waals surface area contributed by atoms with Crippen molar-refractivity contribution in [3.8, 4) is 0 Å². The number of ether oxygens (including phenoxy) is 1. The van der Waals surface area contributed by atoms with Crippen molar-refractivity contribution >= 4 is 17.7 Å². The maximum Gasteiger partial charge on any atom is 0.191 e. The second kappa shape index (κ2) is 9.77. The summed E-state index contributed by atoms with van der Waals surface area (Å²) in [6, 6.07) is 0. The van der Waals surface area contributed by atoms with Crippen molar-refractivity contribution < 1.29 is 4.74 Å². The van der Waals surface area contributed by atoms with Gasteiger partial charge in [-0.3, -0.25) is 0 Å². The number of hydrogen-bond donors (Lipinski definition) is 2. The summed E-state index contributed by atoms with van der Waals surface area (Å²) in [6.45, 7) is 9.23. The molecule has 0 saturated heterocycles. The molecule has 0 fully saturated rings. The minimum Gasteiger partial charge on any atom is -0.385 e. The van der Waals surface area contributed by atoms with E-state index in [4.69, 9.17) is 4.74 Å². The Labute approximate surface area is 143 Å². The van der Waals surface area contributed by atoms with E-state index in [1.54, 1.807) is 7.11 Å². The molecule has 23 heavy (non-hydrogen) atoms. The Morgan fingerprint density at radius 2 is 2.09 bits per heavy atom. The summed E-state index contributed by atoms with van der Waals surface area (Å²) in [5.41, 5.74) is 0. The molecule has 1 aromatic heterocycles. The first-order chi connectivity index (χ1) is 10.9. The molecule has 0 saturated carbocycles. The third kappa shape index (κ3) is 7.22. The lowest BCUT2D eigenvalue weighted by molar-refractivity contribution is 0.195. The van der Waals surface area contributed by atoms with E-state index in [0.29, 0.717) is 6.54 Å². The van der Waals surface area contributed by atoms with Crippen molar-refractivity contribution in [1.82, 2.24) is 25.4 Å². The molecule has 0 aliphatic rings. The molecule has 2 N–H and O–H groups in total. The third-order valence-electron chi connectivity index (χ3n) is 3.61. The number of guanidine groups is 1. The lowest BCUT2D eigenvalue weighted by Crippen LogP contribution is -2.43. The van der Waals surface area contributed by atoms with Gasteiger partial charge in [0.25, 0.3) is 0 Å². The van der Waals surface area contributed by atoms with Gasteiger partial charge in [0.1, 0.15) is 12.4 Å². The van der Waals surface area contributed by atoms with Gasteiger partial charge in [0.2, 0.25) is 0 Å². The molecule has 132 valence electrons. The van der Waals surface area contributed by atoms with Crippen LogP contribution in [0.25, 0.3) is 0 Å². The van der Waals surface area contributed by atoms with Gasteiger partial charge in [0, 0.05) is 38.6 Å². The van der Waals surface area contributed by atoms with E-state index in [1.165, 1.54) is 0 Å². The van der Waals surface area contributed by atoms with Crippen molar-refractivity contribution in [2.24, 2.45) is 12.0 Å². The summed E-state index contributed by atoms with van der Waals surface area (Å²) >= 11 is 1.83. The lowest BCUT2D eigenvalue weighted by atomic mass is 10.2. The summed E-state index contributed by atoms with van der Waals surface area (Å²) in [5, 5.41) is 15.0. The fourth-order valence-electron chi connectivity index (χ4n) is 1.70. The first-order valence-corrected chi connectivity index (χ1v) is 9.03. The number of rotatable bonds is 9. The number of thioether (sulfide) groups is 1. The molecule has 0 amide bonds. The standard InChI is InChI=1S/C15H30N6OS/c1-12-19-20-13(21(12)4)10-17-14(16-8-7-9-22-5)18-11-15(2,3)23-6/h7-11H2,1-6H3,(H2,16,17,18). The van der Waals surface area contributed by atoms with Crippen LogP contribution in [-0.4, -0.2) is 58.5 Å². The van der Waals surface area contributed by atoms with Gasteiger partial charge >= 0.3 is 0 Å². The van der Waals surface area contributed by atoms with Crippen molar-refractivity contribution in [2.45, 2.75) is 38.5 Å². The fourth-order valence-corrected chi connectivity index (χ4v) is 1.92. The molecule has 0 aliphatic carbocycles. The molecular weight excluding hydrogens is 312 g/mol. The maximum atomic E-state index is 5.08. The zero-order valence-corrected chi connectivity index (χ0v) is 16.0. The Hall–Kier alpha value is -1.28. The van der Waals surface area contributed by atoms with Gasteiger partial charge in [-0.05, 0) is 33.4 Å². The lowest BCUT2D eigenvalue weighted by Gasteiger charge is -2.24. The van der Waals surface area contributed by atoms with Crippen LogP contribution in [0.5, 0.6) is 0 Å². The van der Waals surface area contributed by atoms with Crippen LogP contribution in [-0.2, 0) is 18.3 Å². The zero-order chi connectivity index (χ0) is 17.3. The van der Waals surface area contributed by atoms with Gasteiger partial charge in [0.05, 0.1) is 0 Å².